The summed E-state index contributed by atoms with van der Waals surface area (Å²) in [6, 6.07) is 3.39. The number of aromatic nitrogens is 2. The van der Waals surface area contributed by atoms with Crippen LogP contribution in [0.1, 0.15) is 5.56 Å². The highest BCUT2D eigenvalue weighted by Gasteiger charge is 2.33. The van der Waals surface area contributed by atoms with Crippen LogP contribution in [-0.2, 0) is 12.7 Å². The van der Waals surface area contributed by atoms with Gasteiger partial charge in [-0.2, -0.15) is 13.2 Å². The fraction of sp³-hybridized carbons (Fsp3) is 0.273. The van der Waals surface area contributed by atoms with Crippen molar-refractivity contribution in [3.05, 3.63) is 40.4 Å². The van der Waals surface area contributed by atoms with Gasteiger partial charge in [0.05, 0.1) is 35.9 Å². The van der Waals surface area contributed by atoms with Gasteiger partial charge in [-0.05, 0) is 12.1 Å². The Morgan fingerprint density at radius 2 is 2.06 bits per heavy atom. The van der Waals surface area contributed by atoms with Crippen molar-refractivity contribution in [3.8, 4) is 0 Å². The fourth-order valence-corrected chi connectivity index (χ4v) is 1.70. The van der Waals surface area contributed by atoms with E-state index in [2.05, 4.69) is 4.98 Å². The summed E-state index contributed by atoms with van der Waals surface area (Å²) in [6.07, 6.45) is -3.49. The molecule has 0 bridgehead atoms. The summed E-state index contributed by atoms with van der Waals surface area (Å²) in [5.74, 6) is 0. The molecule has 96 valence electrons. The van der Waals surface area contributed by atoms with E-state index in [9.17, 15) is 18.0 Å². The molecule has 18 heavy (non-hydrogen) atoms. The first-order chi connectivity index (χ1) is 8.45. The molecular weight excluding hydrogens is 249 g/mol. The van der Waals surface area contributed by atoms with Crippen molar-refractivity contribution in [2.45, 2.75) is 12.7 Å². The van der Waals surface area contributed by atoms with Gasteiger partial charge in [-0.15, -0.1) is 0 Å². The number of alkyl halides is 3. The maximum atomic E-state index is 12.8. The Kier molecular flexibility index (Phi) is 3.08. The van der Waals surface area contributed by atoms with E-state index in [1.54, 1.807) is 0 Å². The van der Waals surface area contributed by atoms with Crippen LogP contribution in [-0.4, -0.2) is 21.3 Å². The summed E-state index contributed by atoms with van der Waals surface area (Å²) in [7, 11) is 0. The number of hydrogen-bond acceptors (Lipinski definition) is 3. The Morgan fingerprint density at radius 1 is 1.33 bits per heavy atom. The van der Waals surface area contributed by atoms with Gasteiger partial charge in [0.2, 0.25) is 0 Å². The first-order valence-electron chi connectivity index (χ1n) is 5.11. The van der Waals surface area contributed by atoms with Gasteiger partial charge >= 0.3 is 6.18 Å². The molecule has 0 saturated heterocycles. The Bertz CT molecular complexity index is 634. The smallest absolute Gasteiger partial charge is 0.395 e. The third kappa shape index (κ3) is 2.08. The molecule has 0 aliphatic rings. The number of rotatable bonds is 2. The SMILES string of the molecule is O=c1c2c(C(F)(F)F)cccc2ncn1CCO. The summed E-state index contributed by atoms with van der Waals surface area (Å²) >= 11 is 0. The van der Waals surface area contributed by atoms with Gasteiger partial charge in [-0.3, -0.25) is 9.36 Å². The van der Waals surface area contributed by atoms with Crippen molar-refractivity contribution in [1.29, 1.82) is 0 Å². The number of fused-ring (bicyclic) bond motifs is 1. The van der Waals surface area contributed by atoms with Gasteiger partial charge in [0.1, 0.15) is 0 Å². The predicted octanol–water partition coefficient (Wildman–Crippen LogP) is 1.41. The fourth-order valence-electron chi connectivity index (χ4n) is 1.70. The minimum Gasteiger partial charge on any atom is -0.395 e. The second-order valence-corrected chi connectivity index (χ2v) is 3.66. The molecule has 0 spiro atoms. The second-order valence-electron chi connectivity index (χ2n) is 3.66. The van der Waals surface area contributed by atoms with Gasteiger partial charge in [0.15, 0.2) is 0 Å². The monoisotopic (exact) mass is 258 g/mol. The third-order valence-electron chi connectivity index (χ3n) is 2.50. The first-order valence-corrected chi connectivity index (χ1v) is 5.11. The Morgan fingerprint density at radius 3 is 2.67 bits per heavy atom. The number of aliphatic hydroxyl groups is 1. The van der Waals surface area contributed by atoms with Gasteiger partial charge in [0.25, 0.3) is 5.56 Å². The molecule has 0 amide bonds. The quantitative estimate of drug-likeness (QED) is 0.886. The van der Waals surface area contributed by atoms with Gasteiger partial charge in [0, 0.05) is 0 Å². The minimum atomic E-state index is -4.61. The van der Waals surface area contributed by atoms with Crippen LogP contribution in [0.15, 0.2) is 29.3 Å². The van der Waals surface area contributed by atoms with Crippen LogP contribution in [0, 0.1) is 0 Å². The number of halogens is 3. The number of benzene rings is 1. The summed E-state index contributed by atoms with van der Waals surface area (Å²) < 4.78 is 39.3. The maximum absolute atomic E-state index is 12.8. The lowest BCUT2D eigenvalue weighted by Gasteiger charge is -2.11. The molecule has 0 radical (unpaired) electrons. The van der Waals surface area contributed by atoms with Crippen LogP contribution in [0.2, 0.25) is 0 Å². The zero-order chi connectivity index (χ0) is 13.3. The largest absolute Gasteiger partial charge is 0.417 e. The van der Waals surface area contributed by atoms with E-state index in [1.807, 2.05) is 0 Å². The topological polar surface area (TPSA) is 55.1 Å². The highest BCUT2D eigenvalue weighted by Crippen LogP contribution is 2.32. The summed E-state index contributed by atoms with van der Waals surface area (Å²) in [5.41, 5.74) is -1.82. The maximum Gasteiger partial charge on any atom is 0.417 e. The third-order valence-corrected chi connectivity index (χ3v) is 2.50. The molecule has 2 rings (SSSR count). The lowest BCUT2D eigenvalue weighted by Crippen LogP contribution is -2.24. The molecule has 0 atom stereocenters. The van der Waals surface area contributed by atoms with Gasteiger partial charge in [-0.1, -0.05) is 6.07 Å². The zero-order valence-corrected chi connectivity index (χ0v) is 9.11. The molecule has 0 aliphatic carbocycles. The summed E-state index contributed by atoms with van der Waals surface area (Å²) in [6.45, 7) is -0.435. The molecule has 7 heteroatoms. The summed E-state index contributed by atoms with van der Waals surface area (Å²) in [5, 5.41) is 8.26. The Hall–Kier alpha value is -1.89. The highest BCUT2D eigenvalue weighted by atomic mass is 19.4. The van der Waals surface area contributed by atoms with E-state index >= 15 is 0 Å². The average Bonchev–Trinajstić information content (AvgIpc) is 2.31. The standard InChI is InChI=1S/C11H9F3N2O2/c12-11(13,14)7-2-1-3-8-9(7)10(18)16(4-5-17)6-15-8/h1-3,6,17H,4-5H2. The van der Waals surface area contributed by atoms with Gasteiger partial charge in [-0.25, -0.2) is 4.98 Å². The van der Waals surface area contributed by atoms with Crippen molar-refractivity contribution in [1.82, 2.24) is 9.55 Å². The minimum absolute atomic E-state index is 0.0102. The first kappa shape index (κ1) is 12.6. The number of aliphatic hydroxyl groups excluding tert-OH is 1. The normalized spacial score (nSPS) is 12.0. The van der Waals surface area contributed by atoms with Crippen molar-refractivity contribution in [3.63, 3.8) is 0 Å². The molecule has 0 aliphatic heterocycles. The summed E-state index contributed by atoms with van der Waals surface area (Å²) in [4.78, 5) is 15.7. The molecular formula is C11H9F3N2O2. The zero-order valence-electron chi connectivity index (χ0n) is 9.11. The van der Waals surface area contributed by atoms with Crippen LogP contribution < -0.4 is 5.56 Å². The molecule has 1 aromatic heterocycles. The van der Waals surface area contributed by atoms with Crippen LogP contribution in [0.25, 0.3) is 10.9 Å². The van der Waals surface area contributed by atoms with E-state index in [4.69, 9.17) is 5.11 Å². The lowest BCUT2D eigenvalue weighted by atomic mass is 10.1. The van der Waals surface area contributed by atoms with E-state index in [0.717, 1.165) is 17.0 Å². The van der Waals surface area contributed by atoms with Crippen molar-refractivity contribution < 1.29 is 18.3 Å². The van der Waals surface area contributed by atoms with Gasteiger partial charge < -0.3 is 5.11 Å². The van der Waals surface area contributed by atoms with Crippen molar-refractivity contribution in [2.75, 3.05) is 6.61 Å². The van der Waals surface area contributed by atoms with E-state index < -0.39 is 22.7 Å². The van der Waals surface area contributed by atoms with Crippen molar-refractivity contribution >= 4 is 10.9 Å². The van der Waals surface area contributed by atoms with E-state index in [-0.39, 0.29) is 18.7 Å². The van der Waals surface area contributed by atoms with E-state index in [0.29, 0.717) is 0 Å². The second kappa shape index (κ2) is 4.41. The number of nitrogens with zero attached hydrogens (tertiary/aromatic N) is 2. The molecule has 4 nitrogen and oxygen atoms in total. The van der Waals surface area contributed by atoms with E-state index in [1.165, 1.54) is 12.1 Å². The lowest BCUT2D eigenvalue weighted by molar-refractivity contribution is -0.136. The molecule has 0 fully saturated rings. The van der Waals surface area contributed by atoms with Crippen LogP contribution in [0.3, 0.4) is 0 Å². The van der Waals surface area contributed by atoms with Crippen LogP contribution >= 0.6 is 0 Å². The highest BCUT2D eigenvalue weighted by molar-refractivity contribution is 5.81. The Balaban J connectivity index is 2.81. The molecule has 2 aromatic rings. The molecule has 0 unspecified atom stereocenters. The van der Waals surface area contributed by atoms with Crippen molar-refractivity contribution in [2.24, 2.45) is 0 Å². The van der Waals surface area contributed by atoms with Crippen LogP contribution in [0.5, 0.6) is 0 Å². The molecule has 1 heterocycles. The Labute approximate surface area is 99.3 Å². The molecule has 0 saturated carbocycles. The predicted molar refractivity (Wildman–Crippen MR) is 58.1 cm³/mol. The molecule has 1 aromatic carbocycles. The molecule has 1 N–H and O–H groups in total. The average molecular weight is 258 g/mol. The van der Waals surface area contributed by atoms with Crippen LogP contribution in [0.4, 0.5) is 13.2 Å². The number of hydrogen-bond donors (Lipinski definition) is 1.